The number of hydrogen-bond acceptors (Lipinski definition) is 5. The normalized spacial score (nSPS) is 18.4. The number of carbonyl (C=O) groups is 2. The van der Waals surface area contributed by atoms with E-state index in [0.29, 0.717) is 0 Å². The zero-order chi connectivity index (χ0) is 16.5. The molecular formula is C12H13ClN2O6S. The topological polar surface area (TPSA) is 113 Å². The van der Waals surface area contributed by atoms with Gasteiger partial charge in [0.05, 0.1) is 22.0 Å². The summed E-state index contributed by atoms with van der Waals surface area (Å²) >= 11 is 5.69. The first-order valence-electron chi connectivity index (χ1n) is 6.15. The lowest BCUT2D eigenvalue weighted by atomic mass is 10.2. The molecule has 2 rings (SSSR count). The average Bonchev–Trinajstić information content (AvgIpc) is 2.76. The highest BCUT2D eigenvalue weighted by Crippen LogP contribution is 2.20. The molecule has 2 N–H and O–H groups in total. The number of ether oxygens (including phenoxy) is 1. The van der Waals surface area contributed by atoms with E-state index in [-0.39, 0.29) is 28.6 Å². The zero-order valence-corrected chi connectivity index (χ0v) is 13.0. The molecule has 10 heteroatoms. The van der Waals surface area contributed by atoms with Gasteiger partial charge in [0.15, 0.2) is 0 Å². The van der Waals surface area contributed by atoms with Crippen molar-refractivity contribution in [2.75, 3.05) is 20.1 Å². The predicted molar refractivity (Wildman–Crippen MR) is 76.5 cm³/mol. The molecule has 1 aromatic carbocycles. The van der Waals surface area contributed by atoms with Crippen LogP contribution in [0.5, 0.6) is 0 Å². The van der Waals surface area contributed by atoms with Gasteiger partial charge < -0.3 is 14.7 Å². The summed E-state index contributed by atoms with van der Waals surface area (Å²) in [5.74, 6) is -1.33. The molecule has 22 heavy (non-hydrogen) atoms. The van der Waals surface area contributed by atoms with E-state index in [2.05, 4.69) is 4.72 Å². The molecule has 0 bridgehead atoms. The van der Waals surface area contributed by atoms with Crippen LogP contribution in [0.1, 0.15) is 10.4 Å². The number of carbonyl (C=O) groups excluding carboxylic acids is 1. The monoisotopic (exact) mass is 348 g/mol. The van der Waals surface area contributed by atoms with Crippen molar-refractivity contribution in [2.24, 2.45) is 0 Å². The van der Waals surface area contributed by atoms with Crippen LogP contribution in [0.2, 0.25) is 5.02 Å². The fraction of sp³-hybridized carbons (Fsp3) is 0.333. The van der Waals surface area contributed by atoms with Gasteiger partial charge in [-0.15, -0.1) is 0 Å². The quantitative estimate of drug-likeness (QED) is 0.812. The van der Waals surface area contributed by atoms with E-state index in [0.717, 1.165) is 6.07 Å². The highest BCUT2D eigenvalue weighted by Gasteiger charge is 2.29. The second kappa shape index (κ2) is 6.11. The van der Waals surface area contributed by atoms with Gasteiger partial charge in [0.1, 0.15) is 6.10 Å². The number of cyclic esters (lactones) is 1. The van der Waals surface area contributed by atoms with Gasteiger partial charge in [0.25, 0.3) is 0 Å². The summed E-state index contributed by atoms with van der Waals surface area (Å²) in [7, 11) is -2.40. The third kappa shape index (κ3) is 3.49. The number of nitrogens with zero attached hydrogens (tertiary/aromatic N) is 1. The lowest BCUT2D eigenvalue weighted by molar-refractivity contribution is 0.0696. The lowest BCUT2D eigenvalue weighted by Crippen LogP contribution is -2.34. The van der Waals surface area contributed by atoms with Crippen molar-refractivity contribution in [3.05, 3.63) is 28.8 Å². The minimum atomic E-state index is -3.94. The average molecular weight is 349 g/mol. The van der Waals surface area contributed by atoms with E-state index in [9.17, 15) is 18.0 Å². The maximum atomic E-state index is 12.1. The number of hydrogen-bond donors (Lipinski definition) is 2. The number of likely N-dealkylation sites (N-methyl/N-ethyl adjacent to an activating group) is 1. The Morgan fingerprint density at radius 1 is 1.55 bits per heavy atom. The van der Waals surface area contributed by atoms with E-state index >= 15 is 0 Å². The molecule has 1 aliphatic rings. The molecule has 1 aliphatic heterocycles. The van der Waals surface area contributed by atoms with Crippen LogP contribution in [0.4, 0.5) is 4.79 Å². The van der Waals surface area contributed by atoms with E-state index in [4.69, 9.17) is 21.4 Å². The molecule has 1 aromatic rings. The molecule has 1 fully saturated rings. The van der Waals surface area contributed by atoms with E-state index in [1.807, 2.05) is 0 Å². The minimum absolute atomic E-state index is 0.0576. The maximum absolute atomic E-state index is 12.1. The molecule has 1 atom stereocenters. The second-order valence-corrected chi connectivity index (χ2v) is 6.86. The largest absolute Gasteiger partial charge is 0.478 e. The predicted octanol–water partition coefficient (Wildman–Crippen LogP) is 0.767. The minimum Gasteiger partial charge on any atom is -0.478 e. The first-order chi connectivity index (χ1) is 10.2. The van der Waals surface area contributed by atoms with Gasteiger partial charge >= 0.3 is 12.1 Å². The van der Waals surface area contributed by atoms with Gasteiger partial charge in [0, 0.05) is 13.6 Å². The molecule has 1 heterocycles. The number of carboxylic acid groups (broad SMARTS) is 1. The molecule has 1 saturated heterocycles. The van der Waals surface area contributed by atoms with Gasteiger partial charge in [-0.3, -0.25) is 0 Å². The first-order valence-corrected chi connectivity index (χ1v) is 8.01. The molecular weight excluding hydrogens is 336 g/mol. The number of carboxylic acids is 1. The Hall–Kier alpha value is -1.84. The third-order valence-electron chi connectivity index (χ3n) is 3.04. The number of sulfonamides is 1. The molecule has 1 amide bonds. The van der Waals surface area contributed by atoms with Crippen molar-refractivity contribution in [1.29, 1.82) is 0 Å². The van der Waals surface area contributed by atoms with E-state index in [1.54, 1.807) is 0 Å². The van der Waals surface area contributed by atoms with Crippen LogP contribution in [0.3, 0.4) is 0 Å². The molecule has 8 nitrogen and oxygen atoms in total. The first kappa shape index (κ1) is 16.5. The standard InChI is InChI=1S/C12H13ClN2O6S/c1-15-6-7(21-12(15)18)5-14-22(19,20)8-2-3-10(13)9(4-8)11(16)17/h2-4,7,14H,5-6H2,1H3,(H,16,17). The Kier molecular flexibility index (Phi) is 4.59. The molecule has 1 unspecified atom stereocenters. The van der Waals surface area contributed by atoms with Crippen molar-refractivity contribution in [3.8, 4) is 0 Å². The summed E-state index contributed by atoms with van der Waals surface area (Å²) in [4.78, 5) is 23.3. The van der Waals surface area contributed by atoms with E-state index in [1.165, 1.54) is 24.1 Å². The molecule has 0 saturated carbocycles. The maximum Gasteiger partial charge on any atom is 0.410 e. The summed E-state index contributed by atoms with van der Waals surface area (Å²) in [6.45, 7) is 0.159. The molecule has 0 aromatic heterocycles. The number of halogens is 1. The van der Waals surface area contributed by atoms with Gasteiger partial charge in [-0.2, -0.15) is 0 Å². The number of aromatic carboxylic acids is 1. The number of benzene rings is 1. The third-order valence-corrected chi connectivity index (χ3v) is 4.79. The van der Waals surface area contributed by atoms with Crippen LogP contribution >= 0.6 is 11.6 Å². The van der Waals surface area contributed by atoms with Crippen LogP contribution in [0, 0.1) is 0 Å². The van der Waals surface area contributed by atoms with Gasteiger partial charge in [-0.05, 0) is 18.2 Å². The van der Waals surface area contributed by atoms with E-state index < -0.39 is 28.2 Å². The van der Waals surface area contributed by atoms with Crippen LogP contribution in [-0.2, 0) is 14.8 Å². The Bertz CT molecular complexity index is 720. The summed E-state index contributed by atoms with van der Waals surface area (Å²) in [5.41, 5.74) is -0.309. The summed E-state index contributed by atoms with van der Waals surface area (Å²) in [6, 6.07) is 3.37. The Morgan fingerprint density at radius 2 is 2.23 bits per heavy atom. The number of amides is 1. The molecule has 0 aliphatic carbocycles. The van der Waals surface area contributed by atoms with Crippen molar-refractivity contribution < 1.29 is 27.9 Å². The Balaban J connectivity index is 2.12. The Labute approximate surface area is 131 Å². The van der Waals surface area contributed by atoms with Crippen molar-refractivity contribution in [1.82, 2.24) is 9.62 Å². The highest BCUT2D eigenvalue weighted by atomic mass is 35.5. The van der Waals surface area contributed by atoms with Crippen molar-refractivity contribution in [3.63, 3.8) is 0 Å². The van der Waals surface area contributed by atoms with Gasteiger partial charge in [-0.1, -0.05) is 11.6 Å². The lowest BCUT2D eigenvalue weighted by Gasteiger charge is -2.11. The van der Waals surface area contributed by atoms with Crippen molar-refractivity contribution >= 4 is 33.7 Å². The SMILES string of the molecule is CN1CC(CNS(=O)(=O)c2ccc(Cl)c(C(=O)O)c2)OC1=O. The summed E-state index contributed by atoms with van der Waals surface area (Å²) in [5, 5.41) is 8.90. The van der Waals surface area contributed by atoms with Crippen LogP contribution in [-0.4, -0.2) is 56.7 Å². The molecule has 120 valence electrons. The van der Waals surface area contributed by atoms with Crippen molar-refractivity contribution in [2.45, 2.75) is 11.0 Å². The number of nitrogens with one attached hydrogen (secondary N) is 1. The van der Waals surface area contributed by atoms with Crippen LogP contribution in [0.25, 0.3) is 0 Å². The fourth-order valence-electron chi connectivity index (χ4n) is 1.88. The molecule has 0 spiro atoms. The zero-order valence-electron chi connectivity index (χ0n) is 11.4. The van der Waals surface area contributed by atoms with Crippen LogP contribution in [0.15, 0.2) is 23.1 Å². The molecule has 0 radical (unpaired) electrons. The fourth-order valence-corrected chi connectivity index (χ4v) is 3.17. The number of rotatable bonds is 5. The van der Waals surface area contributed by atoms with Crippen LogP contribution < -0.4 is 4.72 Å². The Morgan fingerprint density at radius 3 is 2.77 bits per heavy atom. The van der Waals surface area contributed by atoms with Gasteiger partial charge in [-0.25, -0.2) is 22.7 Å². The smallest absolute Gasteiger partial charge is 0.410 e. The second-order valence-electron chi connectivity index (χ2n) is 4.68. The van der Waals surface area contributed by atoms with Gasteiger partial charge in [0.2, 0.25) is 10.0 Å². The summed E-state index contributed by atoms with van der Waals surface area (Å²) in [6.07, 6.45) is -1.12. The summed E-state index contributed by atoms with van der Waals surface area (Å²) < 4.78 is 31.5. The highest BCUT2D eigenvalue weighted by molar-refractivity contribution is 7.89.